The first kappa shape index (κ1) is 4.36. The standard InChI is InChI=1S/C6H8O2/c1-4(7)8-6-2-5(6)3-6/h5H,2-3H2,1H3. The van der Waals surface area contributed by atoms with Crippen molar-refractivity contribution in [2.24, 2.45) is 5.92 Å². The highest BCUT2D eigenvalue weighted by molar-refractivity contribution is 5.67. The van der Waals surface area contributed by atoms with Crippen molar-refractivity contribution in [2.75, 3.05) is 0 Å². The summed E-state index contributed by atoms with van der Waals surface area (Å²) < 4.78 is 4.98. The van der Waals surface area contributed by atoms with Gasteiger partial charge in [-0.1, -0.05) is 0 Å². The lowest BCUT2D eigenvalue weighted by molar-refractivity contribution is -0.145. The number of carbonyl (C=O) groups excluding carboxylic acids is 1. The van der Waals surface area contributed by atoms with Crippen molar-refractivity contribution < 1.29 is 9.53 Å². The summed E-state index contributed by atoms with van der Waals surface area (Å²) in [5.41, 5.74) is 0.0891. The van der Waals surface area contributed by atoms with Crippen LogP contribution in [0, 0.1) is 5.92 Å². The molecule has 0 aliphatic heterocycles. The fourth-order valence-corrected chi connectivity index (χ4v) is 1.11. The molecule has 0 N–H and O–H groups in total. The number of hydrogen-bond donors (Lipinski definition) is 0. The summed E-state index contributed by atoms with van der Waals surface area (Å²) in [6, 6.07) is 0. The summed E-state index contributed by atoms with van der Waals surface area (Å²) in [5.74, 6) is 0.636. The molecule has 0 aromatic heterocycles. The van der Waals surface area contributed by atoms with Crippen molar-refractivity contribution in [3.05, 3.63) is 0 Å². The molecule has 2 nitrogen and oxygen atoms in total. The Kier molecular flexibility index (Phi) is 0.504. The Morgan fingerprint density at radius 1 is 1.75 bits per heavy atom. The van der Waals surface area contributed by atoms with Gasteiger partial charge in [-0.3, -0.25) is 4.79 Å². The van der Waals surface area contributed by atoms with Crippen molar-refractivity contribution in [2.45, 2.75) is 25.4 Å². The van der Waals surface area contributed by atoms with Crippen molar-refractivity contribution in [1.29, 1.82) is 0 Å². The maximum absolute atomic E-state index is 10.3. The molecule has 0 spiro atoms. The number of fused-ring (bicyclic) bond motifs is 1. The van der Waals surface area contributed by atoms with Crippen LogP contribution in [-0.4, -0.2) is 11.6 Å². The largest absolute Gasteiger partial charge is 0.459 e. The molecule has 0 aromatic rings. The van der Waals surface area contributed by atoms with E-state index in [4.69, 9.17) is 4.74 Å². The van der Waals surface area contributed by atoms with Crippen molar-refractivity contribution >= 4 is 5.97 Å². The minimum atomic E-state index is -0.120. The molecule has 0 unspecified atom stereocenters. The fourth-order valence-electron chi connectivity index (χ4n) is 1.11. The molecular formula is C6H8O2. The molecular weight excluding hydrogens is 104 g/mol. The zero-order valence-corrected chi connectivity index (χ0v) is 4.81. The normalized spacial score (nSPS) is 47.4. The van der Waals surface area contributed by atoms with Gasteiger partial charge in [-0.15, -0.1) is 0 Å². The molecule has 0 atom stereocenters. The van der Waals surface area contributed by atoms with Crippen LogP contribution in [-0.2, 0) is 9.53 Å². The van der Waals surface area contributed by atoms with Gasteiger partial charge in [0.25, 0.3) is 0 Å². The molecule has 2 fully saturated rings. The fraction of sp³-hybridized carbons (Fsp3) is 0.833. The van der Waals surface area contributed by atoms with E-state index in [1.54, 1.807) is 0 Å². The molecule has 0 radical (unpaired) electrons. The van der Waals surface area contributed by atoms with Gasteiger partial charge in [-0.2, -0.15) is 0 Å². The average molecular weight is 112 g/mol. The predicted octanol–water partition coefficient (Wildman–Crippen LogP) is 0.712. The van der Waals surface area contributed by atoms with Gasteiger partial charge < -0.3 is 4.74 Å². The number of esters is 1. The summed E-state index contributed by atoms with van der Waals surface area (Å²) in [6.45, 7) is 1.47. The predicted molar refractivity (Wildman–Crippen MR) is 27.2 cm³/mol. The number of hydrogen-bond acceptors (Lipinski definition) is 2. The molecule has 0 bridgehead atoms. The Bertz CT molecular complexity index is 145. The Labute approximate surface area is 47.8 Å². The smallest absolute Gasteiger partial charge is 0.303 e. The number of carbonyl (C=O) groups is 1. The highest BCUT2D eigenvalue weighted by Crippen LogP contribution is 2.69. The molecule has 8 heavy (non-hydrogen) atoms. The lowest BCUT2D eigenvalue weighted by Crippen LogP contribution is -2.06. The van der Waals surface area contributed by atoms with E-state index >= 15 is 0 Å². The highest BCUT2D eigenvalue weighted by atomic mass is 16.6. The molecule has 2 saturated carbocycles. The van der Waals surface area contributed by atoms with Gasteiger partial charge in [-0.25, -0.2) is 0 Å². The molecule has 2 heteroatoms. The second kappa shape index (κ2) is 0.925. The van der Waals surface area contributed by atoms with E-state index < -0.39 is 0 Å². The van der Waals surface area contributed by atoms with E-state index in [1.165, 1.54) is 6.92 Å². The first-order chi connectivity index (χ1) is 3.73. The second-order valence-corrected chi connectivity index (χ2v) is 2.76. The summed E-state index contributed by atoms with van der Waals surface area (Å²) >= 11 is 0. The minimum absolute atomic E-state index is 0.0891. The molecule has 44 valence electrons. The minimum Gasteiger partial charge on any atom is -0.459 e. The van der Waals surface area contributed by atoms with Crippen molar-refractivity contribution in [3.63, 3.8) is 0 Å². The Hall–Kier alpha value is -0.530. The lowest BCUT2D eigenvalue weighted by Gasteiger charge is -2.00. The molecule has 2 rings (SSSR count). The average Bonchev–Trinajstić information content (AvgIpc) is 2.18. The third-order valence-corrected chi connectivity index (χ3v) is 1.95. The lowest BCUT2D eigenvalue weighted by atomic mass is 10.4. The van der Waals surface area contributed by atoms with Gasteiger partial charge in [0.05, 0.1) is 0 Å². The van der Waals surface area contributed by atoms with E-state index in [0.29, 0.717) is 0 Å². The molecule has 0 saturated heterocycles. The van der Waals surface area contributed by atoms with E-state index in [1.807, 2.05) is 0 Å². The van der Waals surface area contributed by atoms with Gasteiger partial charge in [0.2, 0.25) is 0 Å². The van der Waals surface area contributed by atoms with Crippen LogP contribution in [0.1, 0.15) is 19.8 Å². The van der Waals surface area contributed by atoms with Gasteiger partial charge >= 0.3 is 5.97 Å². The zero-order chi connectivity index (χ0) is 5.78. The first-order valence-corrected chi connectivity index (χ1v) is 2.92. The summed E-state index contributed by atoms with van der Waals surface area (Å²) in [6.07, 6.45) is 2.26. The topological polar surface area (TPSA) is 26.3 Å². The molecule has 0 heterocycles. The van der Waals surface area contributed by atoms with Crippen LogP contribution in [0.15, 0.2) is 0 Å². The summed E-state index contributed by atoms with van der Waals surface area (Å²) in [5, 5.41) is 0. The van der Waals surface area contributed by atoms with Crippen LogP contribution in [0.25, 0.3) is 0 Å². The molecule has 2 aliphatic carbocycles. The quantitative estimate of drug-likeness (QED) is 0.467. The third-order valence-electron chi connectivity index (χ3n) is 1.95. The van der Waals surface area contributed by atoms with Gasteiger partial charge in [0.15, 0.2) is 0 Å². The molecule has 2 aliphatic rings. The van der Waals surface area contributed by atoms with E-state index in [-0.39, 0.29) is 11.6 Å². The Morgan fingerprint density at radius 2 is 2.25 bits per heavy atom. The summed E-state index contributed by atoms with van der Waals surface area (Å²) in [7, 11) is 0. The number of rotatable bonds is 1. The van der Waals surface area contributed by atoms with E-state index in [2.05, 4.69) is 0 Å². The van der Waals surface area contributed by atoms with Gasteiger partial charge in [0, 0.05) is 12.8 Å². The van der Waals surface area contributed by atoms with Gasteiger partial charge in [0.1, 0.15) is 5.60 Å². The highest BCUT2D eigenvalue weighted by Gasteiger charge is 2.73. The van der Waals surface area contributed by atoms with E-state index in [9.17, 15) is 4.79 Å². The Morgan fingerprint density at radius 3 is 2.38 bits per heavy atom. The third kappa shape index (κ3) is 0.403. The molecule has 0 amide bonds. The summed E-state index contributed by atoms with van der Waals surface area (Å²) in [4.78, 5) is 10.3. The second-order valence-electron chi connectivity index (χ2n) is 2.76. The monoisotopic (exact) mass is 112 g/mol. The maximum Gasteiger partial charge on any atom is 0.303 e. The van der Waals surface area contributed by atoms with Crippen LogP contribution >= 0.6 is 0 Å². The van der Waals surface area contributed by atoms with Crippen LogP contribution in [0.3, 0.4) is 0 Å². The molecule has 0 aromatic carbocycles. The van der Waals surface area contributed by atoms with Gasteiger partial charge in [-0.05, 0) is 12.8 Å². The van der Waals surface area contributed by atoms with Crippen LogP contribution in [0.4, 0.5) is 0 Å². The zero-order valence-electron chi connectivity index (χ0n) is 4.81. The van der Waals surface area contributed by atoms with Crippen LogP contribution in [0.2, 0.25) is 0 Å². The van der Waals surface area contributed by atoms with Crippen LogP contribution < -0.4 is 0 Å². The first-order valence-electron chi connectivity index (χ1n) is 2.92. The van der Waals surface area contributed by atoms with Crippen LogP contribution in [0.5, 0.6) is 0 Å². The number of ether oxygens (including phenoxy) is 1. The van der Waals surface area contributed by atoms with E-state index in [0.717, 1.165) is 18.8 Å². The maximum atomic E-state index is 10.3. The SMILES string of the molecule is CC(=O)OC12CC1C2. The van der Waals surface area contributed by atoms with Crippen molar-refractivity contribution in [3.8, 4) is 0 Å². The Balaban J connectivity index is 1.92. The van der Waals surface area contributed by atoms with Crippen molar-refractivity contribution in [1.82, 2.24) is 0 Å².